The average Bonchev–Trinajstić information content (AvgIpc) is 2.61. The summed E-state index contributed by atoms with van der Waals surface area (Å²) in [5, 5.41) is 11.7. The first-order chi connectivity index (χ1) is 11.6. The normalized spacial score (nSPS) is 20.8. The third-order valence-electron chi connectivity index (χ3n) is 4.45. The highest BCUT2D eigenvalue weighted by atomic mass is 16.5. The first kappa shape index (κ1) is 18.3. The molecule has 0 radical (unpaired) electrons. The summed E-state index contributed by atoms with van der Waals surface area (Å²) in [7, 11) is 1.60. The molecule has 1 aromatic carbocycles. The van der Waals surface area contributed by atoms with Crippen molar-refractivity contribution < 1.29 is 19.4 Å². The molecule has 0 bridgehead atoms. The number of nitrogens with zero attached hydrogens (tertiary/aromatic N) is 1. The van der Waals surface area contributed by atoms with Crippen molar-refractivity contribution in [3.05, 3.63) is 29.8 Å². The fourth-order valence-corrected chi connectivity index (χ4v) is 3.26. The molecule has 0 spiro atoms. The van der Waals surface area contributed by atoms with Crippen LogP contribution >= 0.6 is 0 Å². The van der Waals surface area contributed by atoms with Crippen molar-refractivity contribution in [2.24, 2.45) is 5.92 Å². The minimum Gasteiger partial charge on any atom is -0.497 e. The molecule has 1 saturated heterocycles. The highest BCUT2D eigenvalue weighted by Gasteiger charge is 2.39. The Hall–Kier alpha value is -2.08. The molecule has 2 N–H and O–H groups in total. The molecule has 2 amide bonds. The Labute approximate surface area is 142 Å². The van der Waals surface area contributed by atoms with Crippen LogP contribution in [-0.2, 0) is 9.59 Å². The number of carbonyl (C=O) groups is 2. The minimum absolute atomic E-state index is 0.0455. The van der Waals surface area contributed by atoms with Crippen molar-refractivity contribution in [1.82, 2.24) is 10.2 Å². The topological polar surface area (TPSA) is 78.9 Å². The smallest absolute Gasteiger partial charge is 0.225 e. The molecule has 0 aliphatic carbocycles. The number of aliphatic hydroxyl groups excluding tert-OH is 1. The van der Waals surface area contributed by atoms with E-state index in [9.17, 15) is 9.59 Å². The molecule has 2 rings (SSSR count). The predicted octanol–water partition coefficient (Wildman–Crippen LogP) is 1.49. The van der Waals surface area contributed by atoms with Crippen LogP contribution in [0.2, 0.25) is 0 Å². The van der Waals surface area contributed by atoms with Crippen LogP contribution in [-0.4, -0.2) is 48.6 Å². The number of amides is 2. The van der Waals surface area contributed by atoms with E-state index < -0.39 is 0 Å². The number of piperidine rings is 1. The van der Waals surface area contributed by atoms with Crippen molar-refractivity contribution in [3.63, 3.8) is 0 Å². The molecule has 1 aromatic rings. The number of rotatable bonds is 7. The SMILES string of the molecule is CCN1C(=O)CC[C@@H](C(=O)NCCCO)[C@@H]1c1cccc(OC)c1. The summed E-state index contributed by atoms with van der Waals surface area (Å²) < 4.78 is 5.28. The minimum atomic E-state index is -0.298. The second kappa shape index (κ2) is 8.68. The van der Waals surface area contributed by atoms with Gasteiger partial charge in [-0.25, -0.2) is 0 Å². The molecule has 1 heterocycles. The van der Waals surface area contributed by atoms with Crippen LogP contribution in [0, 0.1) is 5.92 Å². The van der Waals surface area contributed by atoms with Crippen LogP contribution in [0.25, 0.3) is 0 Å². The van der Waals surface area contributed by atoms with Gasteiger partial charge in [0.1, 0.15) is 5.75 Å². The molecule has 1 aliphatic rings. The highest BCUT2D eigenvalue weighted by molar-refractivity contribution is 5.85. The number of hydrogen-bond donors (Lipinski definition) is 2. The molecule has 1 aliphatic heterocycles. The largest absolute Gasteiger partial charge is 0.497 e. The molecule has 0 aromatic heterocycles. The molecule has 6 heteroatoms. The molecule has 132 valence electrons. The second-order valence-electron chi connectivity index (χ2n) is 5.91. The van der Waals surface area contributed by atoms with Gasteiger partial charge in [0.25, 0.3) is 0 Å². The van der Waals surface area contributed by atoms with Gasteiger partial charge in [0.15, 0.2) is 0 Å². The van der Waals surface area contributed by atoms with Crippen molar-refractivity contribution in [2.75, 3.05) is 26.8 Å². The van der Waals surface area contributed by atoms with Gasteiger partial charge in [0, 0.05) is 26.1 Å². The third-order valence-corrected chi connectivity index (χ3v) is 4.45. The number of methoxy groups -OCH3 is 1. The maximum absolute atomic E-state index is 12.6. The summed E-state index contributed by atoms with van der Waals surface area (Å²) in [6.07, 6.45) is 1.44. The van der Waals surface area contributed by atoms with Gasteiger partial charge in [0.2, 0.25) is 11.8 Å². The van der Waals surface area contributed by atoms with Crippen LogP contribution in [0.1, 0.15) is 37.8 Å². The summed E-state index contributed by atoms with van der Waals surface area (Å²) in [6, 6.07) is 7.26. The maximum atomic E-state index is 12.6. The van der Waals surface area contributed by atoms with Crippen LogP contribution in [0.4, 0.5) is 0 Å². The van der Waals surface area contributed by atoms with Gasteiger partial charge >= 0.3 is 0 Å². The van der Waals surface area contributed by atoms with E-state index in [1.54, 1.807) is 12.0 Å². The quantitative estimate of drug-likeness (QED) is 0.741. The third kappa shape index (κ3) is 4.06. The van der Waals surface area contributed by atoms with Crippen LogP contribution in [0.5, 0.6) is 5.75 Å². The number of likely N-dealkylation sites (tertiary alicyclic amines) is 1. The Morgan fingerprint density at radius 2 is 2.25 bits per heavy atom. The van der Waals surface area contributed by atoms with E-state index in [1.165, 1.54) is 0 Å². The lowest BCUT2D eigenvalue weighted by atomic mass is 9.83. The first-order valence-electron chi connectivity index (χ1n) is 8.44. The van der Waals surface area contributed by atoms with E-state index in [4.69, 9.17) is 9.84 Å². The molecular weight excluding hydrogens is 308 g/mol. The summed E-state index contributed by atoms with van der Waals surface area (Å²) in [5.41, 5.74) is 0.909. The summed E-state index contributed by atoms with van der Waals surface area (Å²) in [5.74, 6) is 0.418. The summed E-state index contributed by atoms with van der Waals surface area (Å²) in [4.78, 5) is 26.7. The lowest BCUT2D eigenvalue weighted by molar-refractivity contribution is -0.143. The van der Waals surface area contributed by atoms with E-state index in [0.29, 0.717) is 38.1 Å². The van der Waals surface area contributed by atoms with Crippen molar-refractivity contribution in [3.8, 4) is 5.75 Å². The van der Waals surface area contributed by atoms with E-state index >= 15 is 0 Å². The standard InChI is InChI=1S/C18H26N2O4/c1-3-20-16(22)9-8-15(18(23)19-10-5-11-21)17(20)13-6-4-7-14(12-13)24-2/h4,6-7,12,15,17,21H,3,5,8-11H2,1-2H3,(H,19,23)/t15-,17+/m1/s1. The number of nitrogens with one attached hydrogen (secondary N) is 1. The Morgan fingerprint density at radius 1 is 1.46 bits per heavy atom. The van der Waals surface area contributed by atoms with Gasteiger partial charge in [-0.1, -0.05) is 12.1 Å². The van der Waals surface area contributed by atoms with Gasteiger partial charge in [0.05, 0.1) is 19.1 Å². The van der Waals surface area contributed by atoms with Gasteiger partial charge in [-0.3, -0.25) is 9.59 Å². The van der Waals surface area contributed by atoms with Gasteiger partial charge < -0.3 is 20.1 Å². The zero-order chi connectivity index (χ0) is 17.5. The second-order valence-corrected chi connectivity index (χ2v) is 5.91. The van der Waals surface area contributed by atoms with E-state index in [0.717, 1.165) is 5.56 Å². The first-order valence-corrected chi connectivity index (χ1v) is 8.44. The zero-order valence-corrected chi connectivity index (χ0v) is 14.3. The Balaban J connectivity index is 2.29. The molecule has 6 nitrogen and oxygen atoms in total. The van der Waals surface area contributed by atoms with Crippen LogP contribution < -0.4 is 10.1 Å². The van der Waals surface area contributed by atoms with Gasteiger partial charge in [-0.15, -0.1) is 0 Å². The Kier molecular flexibility index (Phi) is 6.61. The van der Waals surface area contributed by atoms with Crippen molar-refractivity contribution in [1.29, 1.82) is 0 Å². The van der Waals surface area contributed by atoms with Crippen LogP contribution in [0.3, 0.4) is 0 Å². The molecule has 0 unspecified atom stereocenters. The number of hydrogen-bond acceptors (Lipinski definition) is 4. The summed E-state index contributed by atoms with van der Waals surface area (Å²) in [6.45, 7) is 2.97. The lowest BCUT2D eigenvalue weighted by Gasteiger charge is -2.40. The number of aliphatic hydroxyl groups is 1. The number of benzene rings is 1. The number of ether oxygens (including phenoxy) is 1. The Bertz CT molecular complexity index is 576. The molecule has 2 atom stereocenters. The fourth-order valence-electron chi connectivity index (χ4n) is 3.26. The molecule has 24 heavy (non-hydrogen) atoms. The fraction of sp³-hybridized carbons (Fsp3) is 0.556. The molecule has 0 saturated carbocycles. The van der Waals surface area contributed by atoms with Gasteiger partial charge in [-0.05, 0) is 37.5 Å². The monoisotopic (exact) mass is 334 g/mol. The highest BCUT2D eigenvalue weighted by Crippen LogP contribution is 2.37. The Morgan fingerprint density at radius 3 is 2.92 bits per heavy atom. The van der Waals surface area contributed by atoms with Gasteiger partial charge in [-0.2, -0.15) is 0 Å². The molecule has 1 fully saturated rings. The molecular formula is C18H26N2O4. The average molecular weight is 334 g/mol. The predicted molar refractivity (Wildman–Crippen MR) is 90.6 cm³/mol. The van der Waals surface area contributed by atoms with Crippen LogP contribution in [0.15, 0.2) is 24.3 Å². The number of carbonyl (C=O) groups excluding carboxylic acids is 2. The summed E-state index contributed by atoms with van der Waals surface area (Å²) >= 11 is 0. The van der Waals surface area contributed by atoms with Crippen molar-refractivity contribution >= 4 is 11.8 Å². The maximum Gasteiger partial charge on any atom is 0.225 e. The zero-order valence-electron chi connectivity index (χ0n) is 14.3. The van der Waals surface area contributed by atoms with E-state index in [2.05, 4.69) is 5.32 Å². The lowest BCUT2D eigenvalue weighted by Crippen LogP contribution is -2.48. The van der Waals surface area contributed by atoms with E-state index in [-0.39, 0.29) is 30.4 Å². The van der Waals surface area contributed by atoms with Crippen molar-refractivity contribution in [2.45, 2.75) is 32.2 Å². The van der Waals surface area contributed by atoms with E-state index in [1.807, 2.05) is 31.2 Å².